The summed E-state index contributed by atoms with van der Waals surface area (Å²) in [5.74, 6) is 0.532. The smallest absolute Gasteiger partial charge is 0.262 e. The molecule has 2 heterocycles. The minimum absolute atomic E-state index is 0.0672. The minimum atomic E-state index is -0.354. The topological polar surface area (TPSA) is 71.4 Å². The van der Waals surface area contributed by atoms with Crippen LogP contribution < -0.4 is 10.1 Å². The van der Waals surface area contributed by atoms with Gasteiger partial charge in [-0.1, -0.05) is 6.07 Å². The van der Waals surface area contributed by atoms with Crippen LogP contribution in [0, 0.1) is 11.3 Å². The quantitative estimate of drug-likeness (QED) is 0.683. The van der Waals surface area contributed by atoms with Gasteiger partial charge < -0.3 is 14.8 Å². The summed E-state index contributed by atoms with van der Waals surface area (Å²) in [6, 6.07) is 7.71. The third-order valence-electron chi connectivity index (χ3n) is 4.11. The summed E-state index contributed by atoms with van der Waals surface area (Å²) in [5, 5.41) is 12.0. The lowest BCUT2D eigenvalue weighted by Gasteiger charge is -2.10. The lowest BCUT2D eigenvalue weighted by molar-refractivity contribution is -0.117. The molecule has 1 N–H and O–H groups in total. The molecule has 0 aliphatic carbocycles. The average molecular weight is 312 g/mol. The van der Waals surface area contributed by atoms with Gasteiger partial charge in [-0.25, -0.2) is 0 Å². The third kappa shape index (κ3) is 3.72. The van der Waals surface area contributed by atoms with Gasteiger partial charge in [-0.3, -0.25) is 4.79 Å². The van der Waals surface area contributed by atoms with E-state index in [9.17, 15) is 10.1 Å². The summed E-state index contributed by atoms with van der Waals surface area (Å²) >= 11 is 0. The highest BCUT2D eigenvalue weighted by atomic mass is 16.5. The van der Waals surface area contributed by atoms with Crippen molar-refractivity contribution in [1.29, 1.82) is 5.26 Å². The number of benzene rings is 1. The lowest BCUT2D eigenvalue weighted by atomic mass is 10.0. The number of nitrogens with one attached hydrogen (secondary N) is 1. The number of amides is 1. The maximum absolute atomic E-state index is 12.1. The lowest BCUT2D eigenvalue weighted by Crippen LogP contribution is -2.32. The molecule has 3 rings (SSSR count). The fourth-order valence-corrected chi connectivity index (χ4v) is 2.95. The van der Waals surface area contributed by atoms with Gasteiger partial charge in [0.15, 0.2) is 0 Å². The Balaban J connectivity index is 1.67. The van der Waals surface area contributed by atoms with E-state index in [4.69, 9.17) is 9.47 Å². The first kappa shape index (κ1) is 15.6. The van der Waals surface area contributed by atoms with Gasteiger partial charge >= 0.3 is 0 Å². The zero-order chi connectivity index (χ0) is 16.2. The van der Waals surface area contributed by atoms with Crippen LogP contribution in [0.4, 0.5) is 0 Å². The zero-order valence-electron chi connectivity index (χ0n) is 13.2. The molecule has 5 nitrogen and oxygen atoms in total. The van der Waals surface area contributed by atoms with Gasteiger partial charge in [-0.2, -0.15) is 5.26 Å². The molecule has 23 heavy (non-hydrogen) atoms. The first-order chi connectivity index (χ1) is 11.2. The Morgan fingerprint density at radius 3 is 3.13 bits per heavy atom. The van der Waals surface area contributed by atoms with Crippen LogP contribution in [0.2, 0.25) is 0 Å². The van der Waals surface area contributed by atoms with Gasteiger partial charge in [-0.15, -0.1) is 0 Å². The number of ether oxygens (including phenoxy) is 2. The highest BCUT2D eigenvalue weighted by Crippen LogP contribution is 2.29. The van der Waals surface area contributed by atoms with E-state index < -0.39 is 0 Å². The van der Waals surface area contributed by atoms with Crippen molar-refractivity contribution >= 4 is 12.0 Å². The molecule has 2 atom stereocenters. The van der Waals surface area contributed by atoms with Crippen molar-refractivity contribution in [2.24, 2.45) is 0 Å². The van der Waals surface area contributed by atoms with Crippen LogP contribution in [-0.4, -0.2) is 31.3 Å². The van der Waals surface area contributed by atoms with Crippen LogP contribution in [0.5, 0.6) is 5.75 Å². The zero-order valence-corrected chi connectivity index (χ0v) is 13.2. The highest BCUT2D eigenvalue weighted by molar-refractivity contribution is 6.01. The number of nitrogens with zero attached hydrogens (tertiary/aromatic N) is 1. The molecule has 0 unspecified atom stereocenters. The van der Waals surface area contributed by atoms with Crippen LogP contribution in [0.25, 0.3) is 6.08 Å². The van der Waals surface area contributed by atoms with E-state index in [1.807, 2.05) is 31.2 Å². The van der Waals surface area contributed by atoms with Crippen molar-refractivity contribution in [2.75, 3.05) is 13.2 Å². The van der Waals surface area contributed by atoms with E-state index in [0.29, 0.717) is 6.54 Å². The summed E-state index contributed by atoms with van der Waals surface area (Å²) in [7, 11) is 0. The standard InChI is InChI=1S/C18H20N2O3/c1-12-7-14-8-13(4-5-17(14)23-12)9-15(10-19)18(21)20-11-16-3-2-6-22-16/h4-5,8-9,12,16H,2-3,6-7,11H2,1H3,(H,20,21)/b15-9-/t12-,16+/m1/s1. The molecule has 0 saturated carbocycles. The van der Waals surface area contributed by atoms with Crippen LogP contribution in [0.3, 0.4) is 0 Å². The predicted octanol–water partition coefficient (Wildman–Crippen LogP) is 2.21. The minimum Gasteiger partial charge on any atom is -0.490 e. The van der Waals surface area contributed by atoms with E-state index in [1.54, 1.807) is 6.08 Å². The Morgan fingerprint density at radius 2 is 2.39 bits per heavy atom. The largest absolute Gasteiger partial charge is 0.490 e. The van der Waals surface area contributed by atoms with Crippen molar-refractivity contribution < 1.29 is 14.3 Å². The highest BCUT2D eigenvalue weighted by Gasteiger charge is 2.20. The maximum Gasteiger partial charge on any atom is 0.262 e. The Bertz CT molecular complexity index is 669. The third-order valence-corrected chi connectivity index (χ3v) is 4.11. The first-order valence-corrected chi connectivity index (χ1v) is 7.97. The molecule has 0 radical (unpaired) electrons. The summed E-state index contributed by atoms with van der Waals surface area (Å²) in [4.78, 5) is 12.1. The molecule has 5 heteroatoms. The normalized spacial score (nSPS) is 23.0. The Kier molecular flexibility index (Phi) is 4.63. The monoisotopic (exact) mass is 312 g/mol. The predicted molar refractivity (Wildman–Crippen MR) is 85.8 cm³/mol. The maximum atomic E-state index is 12.1. The molecule has 1 fully saturated rings. The van der Waals surface area contributed by atoms with Gasteiger partial charge in [0.2, 0.25) is 0 Å². The molecular weight excluding hydrogens is 292 g/mol. The summed E-state index contributed by atoms with van der Waals surface area (Å²) < 4.78 is 11.1. The van der Waals surface area contributed by atoms with E-state index in [1.165, 1.54) is 0 Å². The van der Waals surface area contributed by atoms with Crippen LogP contribution >= 0.6 is 0 Å². The van der Waals surface area contributed by atoms with Crippen LogP contribution in [-0.2, 0) is 16.0 Å². The number of hydrogen-bond acceptors (Lipinski definition) is 4. The second kappa shape index (κ2) is 6.84. The van der Waals surface area contributed by atoms with E-state index in [0.717, 1.165) is 42.7 Å². The summed E-state index contributed by atoms with van der Waals surface area (Å²) in [5.41, 5.74) is 2.06. The second-order valence-corrected chi connectivity index (χ2v) is 6.01. The second-order valence-electron chi connectivity index (χ2n) is 6.01. The SMILES string of the molecule is C[C@@H]1Cc2cc(/C=C(/C#N)C(=O)NC[C@@H]3CCCO3)ccc2O1. The fourth-order valence-electron chi connectivity index (χ4n) is 2.95. The summed E-state index contributed by atoms with van der Waals surface area (Å²) in [6.07, 6.45) is 4.69. The molecule has 2 aliphatic rings. The van der Waals surface area contributed by atoms with Crippen molar-refractivity contribution in [3.05, 3.63) is 34.9 Å². The molecule has 1 aromatic carbocycles. The fraction of sp³-hybridized carbons (Fsp3) is 0.444. The average Bonchev–Trinajstić information content (AvgIpc) is 3.18. The molecule has 0 aromatic heterocycles. The first-order valence-electron chi connectivity index (χ1n) is 7.97. The molecule has 2 aliphatic heterocycles. The van der Waals surface area contributed by atoms with Crippen molar-refractivity contribution in [1.82, 2.24) is 5.32 Å². The summed E-state index contributed by atoms with van der Waals surface area (Å²) in [6.45, 7) is 3.22. The van der Waals surface area contributed by atoms with E-state index in [-0.39, 0.29) is 23.7 Å². The van der Waals surface area contributed by atoms with Gasteiger partial charge in [0.05, 0.1) is 6.10 Å². The molecule has 1 saturated heterocycles. The van der Waals surface area contributed by atoms with Gasteiger partial charge in [0, 0.05) is 19.6 Å². The van der Waals surface area contributed by atoms with Crippen LogP contribution in [0.15, 0.2) is 23.8 Å². The Hall–Kier alpha value is -2.32. The number of fused-ring (bicyclic) bond motifs is 1. The van der Waals surface area contributed by atoms with Gasteiger partial charge in [-0.05, 0) is 49.1 Å². The molecule has 0 bridgehead atoms. The Morgan fingerprint density at radius 1 is 1.52 bits per heavy atom. The Labute approximate surface area is 135 Å². The molecule has 120 valence electrons. The van der Waals surface area contributed by atoms with Crippen molar-refractivity contribution in [3.63, 3.8) is 0 Å². The number of carbonyl (C=O) groups excluding carboxylic acids is 1. The van der Waals surface area contributed by atoms with Gasteiger partial charge in [0.1, 0.15) is 23.5 Å². The van der Waals surface area contributed by atoms with Gasteiger partial charge in [0.25, 0.3) is 5.91 Å². The van der Waals surface area contributed by atoms with Crippen LogP contribution in [0.1, 0.15) is 30.9 Å². The number of hydrogen-bond donors (Lipinski definition) is 1. The molecule has 1 aromatic rings. The number of rotatable bonds is 4. The van der Waals surface area contributed by atoms with Crippen molar-refractivity contribution in [2.45, 2.75) is 38.4 Å². The molecular formula is C18H20N2O3. The number of carbonyl (C=O) groups is 1. The molecule has 1 amide bonds. The van der Waals surface area contributed by atoms with E-state index in [2.05, 4.69) is 5.32 Å². The van der Waals surface area contributed by atoms with E-state index >= 15 is 0 Å². The molecule has 0 spiro atoms. The van der Waals surface area contributed by atoms with Crippen molar-refractivity contribution in [3.8, 4) is 11.8 Å². The number of nitriles is 1.